The molecule has 1 aliphatic heterocycles. The van der Waals surface area contributed by atoms with Gasteiger partial charge in [-0.25, -0.2) is 4.39 Å². The second-order valence-corrected chi connectivity index (χ2v) is 6.00. The van der Waals surface area contributed by atoms with Crippen molar-refractivity contribution >= 4 is 5.69 Å². The van der Waals surface area contributed by atoms with Crippen molar-refractivity contribution in [2.75, 3.05) is 40.0 Å². The van der Waals surface area contributed by atoms with E-state index in [9.17, 15) is 4.39 Å². The van der Waals surface area contributed by atoms with Gasteiger partial charge in [0.15, 0.2) is 23.1 Å². The molecule has 28 heavy (non-hydrogen) atoms. The molecule has 150 valence electrons. The van der Waals surface area contributed by atoms with Gasteiger partial charge in [0.1, 0.15) is 12.8 Å². The van der Waals surface area contributed by atoms with Crippen LogP contribution in [-0.2, 0) is 4.74 Å². The molecule has 0 aliphatic carbocycles. The van der Waals surface area contributed by atoms with Crippen molar-refractivity contribution in [1.29, 1.82) is 0 Å². The van der Waals surface area contributed by atoms with Gasteiger partial charge >= 0.3 is 0 Å². The standard InChI is InChI=1S/C20H24FN3O4/c1-25-10-11-28-17-7-4-14(12-19(17)27-3)20-22-8-9-24(20)23-15-5-6-16(21)18(13-15)26-2/h4-9,12-13,20,22-23H,10-11H2,1-3H3. The lowest BCUT2D eigenvalue weighted by molar-refractivity contribution is 0.144. The first-order valence-corrected chi connectivity index (χ1v) is 8.77. The van der Waals surface area contributed by atoms with Crippen LogP contribution in [0.15, 0.2) is 48.8 Å². The third kappa shape index (κ3) is 4.40. The van der Waals surface area contributed by atoms with Gasteiger partial charge in [-0.15, -0.1) is 0 Å². The minimum absolute atomic E-state index is 0.178. The Morgan fingerprint density at radius 2 is 1.82 bits per heavy atom. The normalized spacial score (nSPS) is 15.3. The molecule has 0 saturated heterocycles. The highest BCUT2D eigenvalue weighted by molar-refractivity contribution is 5.49. The fourth-order valence-electron chi connectivity index (χ4n) is 2.83. The summed E-state index contributed by atoms with van der Waals surface area (Å²) < 4.78 is 34.8. The average molecular weight is 389 g/mol. The van der Waals surface area contributed by atoms with Gasteiger partial charge in [0.2, 0.25) is 0 Å². The summed E-state index contributed by atoms with van der Waals surface area (Å²) in [6.45, 7) is 0.938. The van der Waals surface area contributed by atoms with Gasteiger partial charge in [0.05, 0.1) is 26.5 Å². The van der Waals surface area contributed by atoms with Gasteiger partial charge < -0.3 is 24.3 Å². The number of hydrogen-bond donors (Lipinski definition) is 2. The molecular weight excluding hydrogens is 365 g/mol. The minimum Gasteiger partial charge on any atom is -0.494 e. The molecule has 1 atom stereocenters. The maximum atomic E-state index is 13.6. The van der Waals surface area contributed by atoms with E-state index in [1.807, 2.05) is 35.6 Å². The molecule has 1 aliphatic rings. The molecule has 0 saturated carbocycles. The lowest BCUT2D eigenvalue weighted by Gasteiger charge is -2.28. The number of nitrogens with one attached hydrogen (secondary N) is 2. The van der Waals surface area contributed by atoms with Crippen LogP contribution < -0.4 is 25.0 Å². The van der Waals surface area contributed by atoms with Crippen LogP contribution in [0.4, 0.5) is 10.1 Å². The molecule has 0 bridgehead atoms. The fraction of sp³-hybridized carbons (Fsp3) is 0.300. The average Bonchev–Trinajstić information content (AvgIpc) is 3.17. The largest absolute Gasteiger partial charge is 0.494 e. The summed E-state index contributed by atoms with van der Waals surface area (Å²) in [5.41, 5.74) is 4.89. The Morgan fingerprint density at radius 1 is 1.00 bits per heavy atom. The zero-order chi connectivity index (χ0) is 19.9. The molecule has 0 spiro atoms. The van der Waals surface area contributed by atoms with Crippen LogP contribution in [0.1, 0.15) is 11.7 Å². The predicted octanol–water partition coefficient (Wildman–Crippen LogP) is 3.27. The number of benzene rings is 2. The quantitative estimate of drug-likeness (QED) is 0.638. The van der Waals surface area contributed by atoms with Gasteiger partial charge in [-0.2, -0.15) is 0 Å². The first kappa shape index (κ1) is 19.6. The second-order valence-electron chi connectivity index (χ2n) is 6.00. The number of halogens is 1. The molecule has 1 unspecified atom stereocenters. The topological polar surface area (TPSA) is 64.2 Å². The van der Waals surface area contributed by atoms with E-state index in [1.165, 1.54) is 13.2 Å². The summed E-state index contributed by atoms with van der Waals surface area (Å²) in [7, 11) is 4.66. The zero-order valence-corrected chi connectivity index (χ0v) is 16.1. The highest BCUT2D eigenvalue weighted by atomic mass is 19.1. The molecule has 3 rings (SSSR count). The second kappa shape index (κ2) is 9.18. The SMILES string of the molecule is COCCOc1ccc(C2NC=CN2Nc2ccc(F)c(OC)c2)cc1OC. The maximum Gasteiger partial charge on any atom is 0.165 e. The summed E-state index contributed by atoms with van der Waals surface area (Å²) in [5, 5.41) is 5.14. The molecule has 2 aromatic rings. The van der Waals surface area contributed by atoms with E-state index >= 15 is 0 Å². The monoisotopic (exact) mass is 389 g/mol. The Hall–Kier alpha value is -3.13. The van der Waals surface area contributed by atoms with E-state index in [1.54, 1.807) is 26.4 Å². The van der Waals surface area contributed by atoms with Gasteiger partial charge in [0.25, 0.3) is 0 Å². The van der Waals surface area contributed by atoms with Crippen LogP contribution in [0, 0.1) is 5.82 Å². The first-order chi connectivity index (χ1) is 13.7. The number of ether oxygens (including phenoxy) is 4. The number of hydrogen-bond acceptors (Lipinski definition) is 7. The molecule has 2 aromatic carbocycles. The molecule has 2 N–H and O–H groups in total. The van der Waals surface area contributed by atoms with Gasteiger partial charge in [-0.05, 0) is 24.3 Å². The Morgan fingerprint density at radius 3 is 2.57 bits per heavy atom. The summed E-state index contributed by atoms with van der Waals surface area (Å²) in [5.74, 6) is 1.05. The number of anilines is 1. The molecule has 0 fully saturated rings. The Labute approximate surface area is 163 Å². The van der Waals surface area contributed by atoms with E-state index in [2.05, 4.69) is 10.7 Å². The first-order valence-electron chi connectivity index (χ1n) is 8.77. The third-order valence-electron chi connectivity index (χ3n) is 4.23. The lowest BCUT2D eigenvalue weighted by atomic mass is 10.1. The molecular formula is C20H24FN3O4. The van der Waals surface area contributed by atoms with Gasteiger partial charge in [-0.3, -0.25) is 10.4 Å². The van der Waals surface area contributed by atoms with Crippen LogP contribution in [0.2, 0.25) is 0 Å². The third-order valence-corrected chi connectivity index (χ3v) is 4.23. The molecule has 0 amide bonds. The van der Waals surface area contributed by atoms with Crippen LogP contribution in [0.3, 0.4) is 0 Å². The van der Waals surface area contributed by atoms with Crippen LogP contribution >= 0.6 is 0 Å². The minimum atomic E-state index is -0.409. The van der Waals surface area contributed by atoms with Crippen molar-refractivity contribution in [2.45, 2.75) is 6.17 Å². The van der Waals surface area contributed by atoms with E-state index in [-0.39, 0.29) is 11.9 Å². The molecule has 0 radical (unpaired) electrons. The van der Waals surface area contributed by atoms with E-state index in [0.29, 0.717) is 30.4 Å². The van der Waals surface area contributed by atoms with Crippen molar-refractivity contribution in [1.82, 2.24) is 10.3 Å². The van der Waals surface area contributed by atoms with Gasteiger partial charge in [0, 0.05) is 31.1 Å². The zero-order valence-electron chi connectivity index (χ0n) is 16.1. The molecule has 1 heterocycles. The van der Waals surface area contributed by atoms with Crippen molar-refractivity contribution in [2.24, 2.45) is 0 Å². The Kier molecular flexibility index (Phi) is 6.44. The molecule has 8 heteroatoms. The molecule has 0 aromatic heterocycles. The van der Waals surface area contributed by atoms with Crippen molar-refractivity contribution in [3.63, 3.8) is 0 Å². The highest BCUT2D eigenvalue weighted by Gasteiger charge is 2.22. The summed E-state index contributed by atoms with van der Waals surface area (Å²) in [4.78, 5) is 0. The number of hydrazine groups is 1. The number of methoxy groups -OCH3 is 3. The fourth-order valence-corrected chi connectivity index (χ4v) is 2.83. The van der Waals surface area contributed by atoms with Gasteiger partial charge in [-0.1, -0.05) is 6.07 Å². The smallest absolute Gasteiger partial charge is 0.165 e. The highest BCUT2D eigenvalue weighted by Crippen LogP contribution is 2.33. The number of nitrogens with zero attached hydrogens (tertiary/aromatic N) is 1. The number of rotatable bonds is 9. The van der Waals surface area contributed by atoms with E-state index in [0.717, 1.165) is 5.56 Å². The lowest BCUT2D eigenvalue weighted by Crippen LogP contribution is -2.31. The summed E-state index contributed by atoms with van der Waals surface area (Å²) in [6.07, 6.45) is 3.50. The van der Waals surface area contributed by atoms with E-state index < -0.39 is 5.82 Å². The maximum absolute atomic E-state index is 13.6. The van der Waals surface area contributed by atoms with Crippen LogP contribution in [-0.4, -0.2) is 39.6 Å². The van der Waals surface area contributed by atoms with Crippen molar-refractivity contribution in [3.05, 3.63) is 60.2 Å². The summed E-state index contributed by atoms with van der Waals surface area (Å²) in [6, 6.07) is 10.3. The Bertz CT molecular complexity index is 831. The van der Waals surface area contributed by atoms with E-state index in [4.69, 9.17) is 18.9 Å². The van der Waals surface area contributed by atoms with Crippen LogP contribution in [0.25, 0.3) is 0 Å². The molecule has 7 nitrogen and oxygen atoms in total. The Balaban J connectivity index is 1.75. The van der Waals surface area contributed by atoms with Crippen molar-refractivity contribution < 1.29 is 23.3 Å². The predicted molar refractivity (Wildman–Crippen MR) is 104 cm³/mol. The van der Waals surface area contributed by atoms with Crippen LogP contribution in [0.5, 0.6) is 17.2 Å². The summed E-state index contributed by atoms with van der Waals surface area (Å²) >= 11 is 0. The van der Waals surface area contributed by atoms with Crippen molar-refractivity contribution in [3.8, 4) is 17.2 Å².